The summed E-state index contributed by atoms with van der Waals surface area (Å²) in [6.45, 7) is 2.72. The number of carbonyl (C=O) groups excluding carboxylic acids is 1. The lowest BCUT2D eigenvalue weighted by molar-refractivity contribution is -0.0377. The molecule has 1 atom stereocenters. The molecule has 2 aliphatic heterocycles. The third kappa shape index (κ3) is 4.42. The van der Waals surface area contributed by atoms with Gasteiger partial charge in [0, 0.05) is 19.7 Å². The zero-order valence-electron chi connectivity index (χ0n) is 13.2. The van der Waals surface area contributed by atoms with Crippen LogP contribution in [0, 0.1) is 5.82 Å². The van der Waals surface area contributed by atoms with E-state index in [-0.39, 0.29) is 23.9 Å². The molecule has 0 aliphatic carbocycles. The summed E-state index contributed by atoms with van der Waals surface area (Å²) in [5.74, 6) is -0.421. The Morgan fingerprint density at radius 3 is 2.78 bits per heavy atom. The van der Waals surface area contributed by atoms with E-state index in [9.17, 15) is 9.18 Å². The number of nitrogens with zero attached hydrogens (tertiary/aromatic N) is 1. The zero-order chi connectivity index (χ0) is 16.1. The summed E-state index contributed by atoms with van der Waals surface area (Å²) in [4.78, 5) is 13.9. The maximum absolute atomic E-state index is 13.6. The lowest BCUT2D eigenvalue weighted by Crippen LogP contribution is -2.43. The van der Waals surface area contributed by atoms with Crippen LogP contribution < -0.4 is 5.32 Å². The number of amides is 2. The Kier molecular flexibility index (Phi) is 5.46. The normalized spacial score (nSPS) is 22.3. The molecule has 0 radical (unpaired) electrons. The summed E-state index contributed by atoms with van der Waals surface area (Å²) in [5.41, 5.74) is 0.217. The van der Waals surface area contributed by atoms with Gasteiger partial charge in [-0.05, 0) is 37.8 Å². The summed E-state index contributed by atoms with van der Waals surface area (Å²) in [6, 6.07) is 5.93. The Bertz CT molecular complexity index is 526. The molecule has 2 heterocycles. The van der Waals surface area contributed by atoms with E-state index < -0.39 is 5.82 Å². The first kappa shape index (κ1) is 16.2. The molecule has 2 aliphatic rings. The highest BCUT2D eigenvalue weighted by Gasteiger charge is 2.25. The van der Waals surface area contributed by atoms with Crippen LogP contribution in [0.1, 0.15) is 25.7 Å². The fourth-order valence-electron chi connectivity index (χ4n) is 3.00. The third-order valence-corrected chi connectivity index (χ3v) is 4.39. The Morgan fingerprint density at radius 2 is 2.09 bits per heavy atom. The average molecular weight is 322 g/mol. The van der Waals surface area contributed by atoms with E-state index in [0.29, 0.717) is 19.7 Å². The molecule has 126 valence electrons. The van der Waals surface area contributed by atoms with Crippen LogP contribution in [0.3, 0.4) is 0 Å². The molecule has 0 spiro atoms. The van der Waals surface area contributed by atoms with Crippen LogP contribution in [0.4, 0.5) is 14.9 Å². The number of benzene rings is 1. The second-order valence-corrected chi connectivity index (χ2v) is 6.06. The lowest BCUT2D eigenvalue weighted by atomic mass is 10.1. The molecule has 0 bridgehead atoms. The van der Waals surface area contributed by atoms with Crippen molar-refractivity contribution in [2.45, 2.75) is 37.9 Å². The van der Waals surface area contributed by atoms with Crippen molar-refractivity contribution < 1.29 is 18.7 Å². The molecule has 0 aromatic heterocycles. The number of piperidine rings is 1. The Labute approximate surface area is 135 Å². The second-order valence-electron chi connectivity index (χ2n) is 6.06. The fraction of sp³-hybridized carbons (Fsp3) is 0.588. The number of rotatable bonds is 4. The van der Waals surface area contributed by atoms with Crippen LogP contribution in [0.2, 0.25) is 0 Å². The van der Waals surface area contributed by atoms with Crippen LogP contribution in [0.15, 0.2) is 24.3 Å². The molecule has 1 aromatic rings. The second kappa shape index (κ2) is 7.75. The quantitative estimate of drug-likeness (QED) is 0.927. The van der Waals surface area contributed by atoms with Crippen LogP contribution >= 0.6 is 0 Å². The SMILES string of the molecule is O=C(Nc1ccccc1F)N1CCC(OCC2CCCO2)CC1. The summed E-state index contributed by atoms with van der Waals surface area (Å²) in [6.07, 6.45) is 4.20. The first-order valence-corrected chi connectivity index (χ1v) is 8.26. The maximum Gasteiger partial charge on any atom is 0.321 e. The predicted molar refractivity (Wildman–Crippen MR) is 84.9 cm³/mol. The fourth-order valence-corrected chi connectivity index (χ4v) is 3.00. The number of hydrogen-bond acceptors (Lipinski definition) is 3. The first-order chi connectivity index (χ1) is 11.2. The molecule has 2 amide bonds. The number of nitrogens with one attached hydrogen (secondary N) is 1. The number of likely N-dealkylation sites (tertiary alicyclic amines) is 1. The van der Waals surface area contributed by atoms with Crippen molar-refractivity contribution in [2.24, 2.45) is 0 Å². The highest BCUT2D eigenvalue weighted by Crippen LogP contribution is 2.19. The van der Waals surface area contributed by atoms with Gasteiger partial charge in [-0.3, -0.25) is 0 Å². The van der Waals surface area contributed by atoms with Gasteiger partial charge in [-0.1, -0.05) is 12.1 Å². The molecule has 0 saturated carbocycles. The van der Waals surface area contributed by atoms with Gasteiger partial charge in [-0.15, -0.1) is 0 Å². The Hall–Kier alpha value is -1.66. The van der Waals surface area contributed by atoms with E-state index in [1.165, 1.54) is 6.07 Å². The van der Waals surface area contributed by atoms with E-state index in [1.807, 2.05) is 0 Å². The molecule has 1 unspecified atom stereocenters. The third-order valence-electron chi connectivity index (χ3n) is 4.39. The number of para-hydroxylation sites is 1. The van der Waals surface area contributed by atoms with Crippen molar-refractivity contribution in [1.82, 2.24) is 4.90 Å². The summed E-state index contributed by atoms with van der Waals surface area (Å²) < 4.78 is 25.0. The number of urea groups is 1. The van der Waals surface area contributed by atoms with Crippen molar-refractivity contribution >= 4 is 11.7 Å². The lowest BCUT2D eigenvalue weighted by Gasteiger charge is -2.32. The first-order valence-electron chi connectivity index (χ1n) is 8.26. The minimum Gasteiger partial charge on any atom is -0.376 e. The van der Waals surface area contributed by atoms with Crippen LogP contribution in [0.5, 0.6) is 0 Å². The zero-order valence-corrected chi connectivity index (χ0v) is 13.2. The predicted octanol–water partition coefficient (Wildman–Crippen LogP) is 3.02. The van der Waals surface area contributed by atoms with E-state index >= 15 is 0 Å². The highest BCUT2D eigenvalue weighted by atomic mass is 19.1. The smallest absolute Gasteiger partial charge is 0.321 e. The van der Waals surface area contributed by atoms with E-state index in [2.05, 4.69) is 5.32 Å². The maximum atomic E-state index is 13.6. The molecule has 1 N–H and O–H groups in total. The molecule has 2 saturated heterocycles. The Morgan fingerprint density at radius 1 is 1.30 bits per heavy atom. The van der Waals surface area contributed by atoms with Crippen LogP contribution in [-0.4, -0.2) is 49.4 Å². The highest BCUT2D eigenvalue weighted by molar-refractivity contribution is 5.89. The van der Waals surface area contributed by atoms with Gasteiger partial charge in [0.25, 0.3) is 0 Å². The van der Waals surface area contributed by atoms with Gasteiger partial charge in [-0.2, -0.15) is 0 Å². The average Bonchev–Trinajstić information content (AvgIpc) is 3.09. The van der Waals surface area contributed by atoms with Crippen molar-refractivity contribution in [3.05, 3.63) is 30.1 Å². The van der Waals surface area contributed by atoms with Gasteiger partial charge in [-0.25, -0.2) is 9.18 Å². The minimum atomic E-state index is -0.421. The standard InChI is InChI=1S/C17H23FN2O3/c18-15-5-1-2-6-16(15)19-17(21)20-9-7-13(8-10-20)23-12-14-4-3-11-22-14/h1-2,5-6,13-14H,3-4,7-12H2,(H,19,21). The number of hydrogen-bond donors (Lipinski definition) is 1. The van der Waals surface area contributed by atoms with Gasteiger partial charge in [0.2, 0.25) is 0 Å². The molecule has 5 nitrogen and oxygen atoms in total. The summed E-state index contributed by atoms with van der Waals surface area (Å²) in [7, 11) is 0. The Balaban J connectivity index is 1.41. The number of halogens is 1. The molecule has 6 heteroatoms. The van der Waals surface area contributed by atoms with Crippen LogP contribution in [-0.2, 0) is 9.47 Å². The number of anilines is 1. The van der Waals surface area contributed by atoms with E-state index in [1.54, 1.807) is 23.1 Å². The molecular weight excluding hydrogens is 299 g/mol. The topological polar surface area (TPSA) is 50.8 Å². The number of carbonyl (C=O) groups is 1. The van der Waals surface area contributed by atoms with E-state index in [0.717, 1.165) is 32.3 Å². The van der Waals surface area contributed by atoms with Gasteiger partial charge in [0.15, 0.2) is 0 Å². The monoisotopic (exact) mass is 322 g/mol. The summed E-state index contributed by atoms with van der Waals surface area (Å²) >= 11 is 0. The molecule has 2 fully saturated rings. The van der Waals surface area contributed by atoms with Crippen molar-refractivity contribution in [1.29, 1.82) is 0 Å². The van der Waals surface area contributed by atoms with Gasteiger partial charge >= 0.3 is 6.03 Å². The van der Waals surface area contributed by atoms with Crippen molar-refractivity contribution in [3.8, 4) is 0 Å². The van der Waals surface area contributed by atoms with Crippen LogP contribution in [0.25, 0.3) is 0 Å². The minimum absolute atomic E-state index is 0.178. The van der Waals surface area contributed by atoms with Gasteiger partial charge in [0.05, 0.1) is 24.5 Å². The van der Waals surface area contributed by atoms with E-state index in [4.69, 9.17) is 9.47 Å². The number of ether oxygens (including phenoxy) is 2. The van der Waals surface area contributed by atoms with Gasteiger partial charge < -0.3 is 19.7 Å². The van der Waals surface area contributed by atoms with Crippen molar-refractivity contribution in [2.75, 3.05) is 31.6 Å². The molecular formula is C17H23FN2O3. The summed E-state index contributed by atoms with van der Waals surface area (Å²) in [5, 5.41) is 2.62. The largest absolute Gasteiger partial charge is 0.376 e. The molecule has 23 heavy (non-hydrogen) atoms. The molecule has 3 rings (SSSR count). The van der Waals surface area contributed by atoms with Gasteiger partial charge in [0.1, 0.15) is 5.82 Å². The molecule has 1 aromatic carbocycles. The van der Waals surface area contributed by atoms with Crippen molar-refractivity contribution in [3.63, 3.8) is 0 Å².